The molecular weight excluding hydrogens is 218 g/mol. The summed E-state index contributed by atoms with van der Waals surface area (Å²) >= 11 is 5.97. The highest BCUT2D eigenvalue weighted by atomic mass is 35.5. The van der Waals surface area contributed by atoms with Crippen molar-refractivity contribution in [2.75, 3.05) is 0 Å². The standard InChI is InChI=1S/C12H15ClF2/c1-8-4-5-10(9(2)6-8)11(13)7-12(3,14)15/h4-6,11H,7H2,1-3H3. The van der Waals surface area contributed by atoms with E-state index in [4.69, 9.17) is 11.6 Å². The number of hydrogen-bond donors (Lipinski definition) is 0. The van der Waals surface area contributed by atoms with Crippen LogP contribution in [0, 0.1) is 13.8 Å². The minimum absolute atomic E-state index is 0.321. The van der Waals surface area contributed by atoms with Gasteiger partial charge in [0.1, 0.15) is 0 Å². The van der Waals surface area contributed by atoms with Gasteiger partial charge in [-0.25, -0.2) is 8.78 Å². The van der Waals surface area contributed by atoms with Gasteiger partial charge in [-0.2, -0.15) is 0 Å². The Bertz CT molecular complexity index is 342. The average molecular weight is 233 g/mol. The molecule has 0 amide bonds. The van der Waals surface area contributed by atoms with Crippen molar-refractivity contribution in [3.8, 4) is 0 Å². The van der Waals surface area contributed by atoms with Crippen molar-refractivity contribution in [2.24, 2.45) is 0 Å². The Labute approximate surface area is 94.3 Å². The molecule has 0 saturated heterocycles. The van der Waals surface area contributed by atoms with Crippen LogP contribution in [0.25, 0.3) is 0 Å². The maximum atomic E-state index is 12.8. The molecule has 0 aliphatic carbocycles. The molecule has 1 aromatic carbocycles. The van der Waals surface area contributed by atoms with E-state index in [2.05, 4.69) is 0 Å². The topological polar surface area (TPSA) is 0 Å². The van der Waals surface area contributed by atoms with Crippen LogP contribution in [0.3, 0.4) is 0 Å². The SMILES string of the molecule is Cc1ccc(C(Cl)CC(C)(F)F)c(C)c1. The van der Waals surface area contributed by atoms with Crippen molar-refractivity contribution in [3.63, 3.8) is 0 Å². The molecule has 0 nitrogen and oxygen atoms in total. The van der Waals surface area contributed by atoms with Crippen molar-refractivity contribution in [3.05, 3.63) is 34.9 Å². The fraction of sp³-hybridized carbons (Fsp3) is 0.500. The van der Waals surface area contributed by atoms with Crippen LogP contribution in [0.15, 0.2) is 18.2 Å². The maximum absolute atomic E-state index is 12.8. The Morgan fingerprint density at radius 3 is 2.40 bits per heavy atom. The molecule has 0 heterocycles. The van der Waals surface area contributed by atoms with E-state index in [1.165, 1.54) is 0 Å². The maximum Gasteiger partial charge on any atom is 0.247 e. The van der Waals surface area contributed by atoms with E-state index in [1.807, 2.05) is 32.0 Å². The fourth-order valence-electron chi connectivity index (χ4n) is 1.60. The van der Waals surface area contributed by atoms with Gasteiger partial charge in [0, 0.05) is 6.42 Å². The van der Waals surface area contributed by atoms with E-state index in [9.17, 15) is 8.78 Å². The molecule has 0 aliphatic heterocycles. The van der Waals surface area contributed by atoms with Crippen molar-refractivity contribution in [1.29, 1.82) is 0 Å². The third-order valence-electron chi connectivity index (χ3n) is 2.30. The van der Waals surface area contributed by atoms with E-state index in [-0.39, 0.29) is 6.42 Å². The van der Waals surface area contributed by atoms with Crippen LogP contribution < -0.4 is 0 Å². The molecule has 1 unspecified atom stereocenters. The fourth-order valence-corrected chi connectivity index (χ4v) is 2.12. The lowest BCUT2D eigenvalue weighted by Gasteiger charge is -2.17. The summed E-state index contributed by atoms with van der Waals surface area (Å²) in [5, 5.41) is -0.620. The first kappa shape index (κ1) is 12.4. The van der Waals surface area contributed by atoms with Gasteiger partial charge in [-0.15, -0.1) is 11.6 Å². The summed E-state index contributed by atoms with van der Waals surface area (Å²) in [6.07, 6.45) is -0.321. The zero-order valence-electron chi connectivity index (χ0n) is 9.15. The smallest absolute Gasteiger partial charge is 0.207 e. The molecule has 1 atom stereocenters. The van der Waals surface area contributed by atoms with Gasteiger partial charge in [-0.05, 0) is 31.9 Å². The highest BCUT2D eigenvalue weighted by Crippen LogP contribution is 2.34. The number of aryl methyl sites for hydroxylation is 2. The molecule has 1 rings (SSSR count). The normalized spacial score (nSPS) is 14.0. The van der Waals surface area contributed by atoms with Crippen molar-refractivity contribution >= 4 is 11.6 Å². The second-order valence-corrected chi connectivity index (χ2v) is 4.63. The highest BCUT2D eigenvalue weighted by molar-refractivity contribution is 6.20. The molecule has 0 bridgehead atoms. The van der Waals surface area contributed by atoms with Gasteiger partial charge in [-0.1, -0.05) is 23.8 Å². The highest BCUT2D eigenvalue weighted by Gasteiger charge is 2.27. The Hall–Kier alpha value is -0.630. The van der Waals surface area contributed by atoms with Gasteiger partial charge in [0.05, 0.1) is 5.38 Å². The molecule has 1 aromatic rings. The average Bonchev–Trinajstić information content (AvgIpc) is 1.99. The molecule has 3 heteroatoms. The van der Waals surface area contributed by atoms with Crippen LogP contribution in [-0.2, 0) is 0 Å². The van der Waals surface area contributed by atoms with Crippen LogP contribution in [0.2, 0.25) is 0 Å². The molecule has 84 valence electrons. The predicted molar refractivity (Wildman–Crippen MR) is 59.7 cm³/mol. The number of alkyl halides is 3. The quantitative estimate of drug-likeness (QED) is 0.667. The van der Waals surface area contributed by atoms with Gasteiger partial charge in [0.25, 0.3) is 0 Å². The van der Waals surface area contributed by atoms with Gasteiger partial charge in [0.15, 0.2) is 0 Å². The first-order valence-electron chi connectivity index (χ1n) is 4.88. The summed E-state index contributed by atoms with van der Waals surface area (Å²) in [4.78, 5) is 0. The summed E-state index contributed by atoms with van der Waals surface area (Å²) in [5.41, 5.74) is 2.88. The predicted octanol–water partition coefficient (Wildman–Crippen LogP) is 4.63. The number of benzene rings is 1. The zero-order chi connectivity index (χ0) is 11.6. The second-order valence-electron chi connectivity index (χ2n) is 4.10. The van der Waals surface area contributed by atoms with E-state index >= 15 is 0 Å². The van der Waals surface area contributed by atoms with Gasteiger partial charge in [-0.3, -0.25) is 0 Å². The number of halogens is 3. The largest absolute Gasteiger partial charge is 0.247 e. The molecular formula is C12H15ClF2. The van der Waals surface area contributed by atoms with Crippen LogP contribution >= 0.6 is 11.6 Å². The van der Waals surface area contributed by atoms with Crippen molar-refractivity contribution < 1.29 is 8.78 Å². The minimum atomic E-state index is -2.72. The van der Waals surface area contributed by atoms with Crippen LogP contribution in [0.5, 0.6) is 0 Å². The summed E-state index contributed by atoms with van der Waals surface area (Å²) in [6.45, 7) is 4.76. The molecule has 0 fully saturated rings. The van der Waals surface area contributed by atoms with Gasteiger partial charge >= 0.3 is 0 Å². The molecule has 0 radical (unpaired) electrons. The van der Waals surface area contributed by atoms with Crippen LogP contribution in [0.1, 0.15) is 35.4 Å². The lowest BCUT2D eigenvalue weighted by molar-refractivity contribution is 0.0120. The Morgan fingerprint density at radius 2 is 1.93 bits per heavy atom. The second kappa shape index (κ2) is 4.48. The molecule has 0 aromatic heterocycles. The van der Waals surface area contributed by atoms with Crippen LogP contribution in [0.4, 0.5) is 8.78 Å². The number of rotatable bonds is 3. The van der Waals surface area contributed by atoms with E-state index in [0.29, 0.717) is 0 Å². The number of hydrogen-bond acceptors (Lipinski definition) is 0. The van der Waals surface area contributed by atoms with E-state index in [1.54, 1.807) is 0 Å². The third kappa shape index (κ3) is 3.78. The molecule has 0 saturated carbocycles. The van der Waals surface area contributed by atoms with E-state index in [0.717, 1.165) is 23.6 Å². The lowest BCUT2D eigenvalue weighted by Crippen LogP contribution is -2.13. The minimum Gasteiger partial charge on any atom is -0.207 e. The Morgan fingerprint density at radius 1 is 1.33 bits per heavy atom. The summed E-state index contributed by atoms with van der Waals surface area (Å²) in [6, 6.07) is 5.68. The van der Waals surface area contributed by atoms with Crippen molar-refractivity contribution in [1.82, 2.24) is 0 Å². The monoisotopic (exact) mass is 232 g/mol. The van der Waals surface area contributed by atoms with Gasteiger partial charge < -0.3 is 0 Å². The van der Waals surface area contributed by atoms with Gasteiger partial charge in [0.2, 0.25) is 5.92 Å². The summed E-state index contributed by atoms with van der Waals surface area (Å²) < 4.78 is 25.6. The molecule has 0 spiro atoms. The van der Waals surface area contributed by atoms with E-state index < -0.39 is 11.3 Å². The Kier molecular flexibility index (Phi) is 3.72. The first-order valence-corrected chi connectivity index (χ1v) is 5.32. The lowest BCUT2D eigenvalue weighted by atomic mass is 10.00. The third-order valence-corrected chi connectivity index (χ3v) is 2.69. The molecule has 0 aliphatic rings. The van der Waals surface area contributed by atoms with Crippen LogP contribution in [-0.4, -0.2) is 5.92 Å². The summed E-state index contributed by atoms with van der Waals surface area (Å²) in [7, 11) is 0. The first-order chi connectivity index (χ1) is 6.79. The molecule has 0 N–H and O–H groups in total. The zero-order valence-corrected chi connectivity index (χ0v) is 9.91. The van der Waals surface area contributed by atoms with Crippen molar-refractivity contribution in [2.45, 2.75) is 38.5 Å². The summed E-state index contributed by atoms with van der Waals surface area (Å²) in [5.74, 6) is -2.72. The molecule has 15 heavy (non-hydrogen) atoms. The Balaban J connectivity index is 2.87.